The molecule has 1 heteroatoms. The first-order valence-electron chi connectivity index (χ1n) is 8.48. The van der Waals surface area contributed by atoms with Gasteiger partial charge in [0.2, 0.25) is 0 Å². The van der Waals surface area contributed by atoms with Crippen molar-refractivity contribution in [3.05, 3.63) is 11.6 Å². The first-order valence-corrected chi connectivity index (χ1v) is 8.48. The van der Waals surface area contributed by atoms with Gasteiger partial charge in [-0.05, 0) is 74.2 Å². The molecule has 0 spiro atoms. The highest BCUT2D eigenvalue weighted by molar-refractivity contribution is 5.95. The molecular formula is C19H24O. The minimum Gasteiger partial charge on any atom is -0.293 e. The fourth-order valence-corrected chi connectivity index (χ4v) is 5.96. The Balaban J connectivity index is 1.62. The molecule has 3 saturated carbocycles. The maximum absolute atomic E-state index is 12.0. The van der Waals surface area contributed by atoms with Gasteiger partial charge in [0.05, 0.1) is 5.92 Å². The van der Waals surface area contributed by atoms with Gasteiger partial charge in [0.1, 0.15) is 0 Å². The van der Waals surface area contributed by atoms with Crippen molar-refractivity contribution < 1.29 is 4.79 Å². The average Bonchev–Trinajstić information content (AvgIpc) is 2.94. The van der Waals surface area contributed by atoms with Crippen LogP contribution >= 0.6 is 0 Å². The van der Waals surface area contributed by atoms with Gasteiger partial charge in [-0.2, -0.15) is 0 Å². The normalized spacial score (nSPS) is 46.8. The molecule has 0 aromatic carbocycles. The number of ketones is 1. The van der Waals surface area contributed by atoms with E-state index in [2.05, 4.69) is 5.92 Å². The standard InChI is InChI=1S/C19H24O/c1-2-12-10-18-14(11-19(12)20)7-9-16-15-5-3-4-13(15)6-8-17(16)18/h1,11-13,15-18H,3-10H2/t12?,13-,15+,16-,17-,18-/m0/s1. The van der Waals surface area contributed by atoms with Crippen LogP contribution in [0.25, 0.3) is 0 Å². The molecule has 0 aliphatic heterocycles. The zero-order chi connectivity index (χ0) is 13.7. The summed E-state index contributed by atoms with van der Waals surface area (Å²) in [4.78, 5) is 12.0. The Hall–Kier alpha value is -1.03. The second kappa shape index (κ2) is 4.76. The summed E-state index contributed by atoms with van der Waals surface area (Å²) in [6.07, 6.45) is 18.2. The molecule has 106 valence electrons. The van der Waals surface area contributed by atoms with Crippen molar-refractivity contribution in [2.24, 2.45) is 35.5 Å². The van der Waals surface area contributed by atoms with Crippen molar-refractivity contribution in [1.29, 1.82) is 0 Å². The molecule has 4 rings (SSSR count). The minimum absolute atomic E-state index is 0.135. The third-order valence-electron chi connectivity index (χ3n) is 6.81. The summed E-state index contributed by atoms with van der Waals surface area (Å²) >= 11 is 0. The molecule has 20 heavy (non-hydrogen) atoms. The molecule has 1 nitrogen and oxygen atoms in total. The van der Waals surface area contributed by atoms with Crippen LogP contribution in [0.2, 0.25) is 0 Å². The summed E-state index contributed by atoms with van der Waals surface area (Å²) in [6, 6.07) is 0. The molecule has 3 fully saturated rings. The quantitative estimate of drug-likeness (QED) is 0.607. The monoisotopic (exact) mass is 268 g/mol. The smallest absolute Gasteiger partial charge is 0.170 e. The lowest BCUT2D eigenvalue weighted by Gasteiger charge is -2.49. The van der Waals surface area contributed by atoms with Gasteiger partial charge in [-0.25, -0.2) is 0 Å². The highest BCUT2D eigenvalue weighted by Gasteiger charge is 2.48. The lowest BCUT2D eigenvalue weighted by Crippen LogP contribution is -2.42. The van der Waals surface area contributed by atoms with E-state index in [9.17, 15) is 4.79 Å². The molecule has 0 radical (unpaired) electrons. The fourth-order valence-electron chi connectivity index (χ4n) is 5.96. The number of rotatable bonds is 0. The van der Waals surface area contributed by atoms with Crippen LogP contribution in [0.1, 0.15) is 51.4 Å². The van der Waals surface area contributed by atoms with Crippen LogP contribution in [0.5, 0.6) is 0 Å². The number of hydrogen-bond donors (Lipinski definition) is 0. The van der Waals surface area contributed by atoms with Crippen molar-refractivity contribution in [1.82, 2.24) is 0 Å². The van der Waals surface area contributed by atoms with Crippen molar-refractivity contribution in [2.45, 2.75) is 51.4 Å². The first kappa shape index (κ1) is 12.7. The average molecular weight is 268 g/mol. The van der Waals surface area contributed by atoms with Gasteiger partial charge in [0.15, 0.2) is 5.78 Å². The fraction of sp³-hybridized carbons (Fsp3) is 0.737. The second-order valence-corrected chi connectivity index (χ2v) is 7.48. The Morgan fingerprint density at radius 2 is 1.95 bits per heavy atom. The number of terminal acetylenes is 1. The van der Waals surface area contributed by atoms with Crippen LogP contribution in [-0.4, -0.2) is 5.78 Å². The number of carbonyl (C=O) groups is 1. The van der Waals surface area contributed by atoms with Crippen molar-refractivity contribution in [3.63, 3.8) is 0 Å². The van der Waals surface area contributed by atoms with Gasteiger partial charge in [-0.3, -0.25) is 4.79 Å². The van der Waals surface area contributed by atoms with E-state index in [0.29, 0.717) is 5.92 Å². The molecule has 0 bridgehead atoms. The van der Waals surface area contributed by atoms with Crippen molar-refractivity contribution in [3.8, 4) is 12.3 Å². The van der Waals surface area contributed by atoms with Crippen LogP contribution in [-0.2, 0) is 4.79 Å². The molecule has 4 aliphatic rings. The number of carbonyl (C=O) groups excluding carboxylic acids is 1. The van der Waals surface area contributed by atoms with Gasteiger partial charge < -0.3 is 0 Å². The number of hydrogen-bond acceptors (Lipinski definition) is 1. The zero-order valence-electron chi connectivity index (χ0n) is 12.2. The van der Waals surface area contributed by atoms with E-state index in [1.165, 1.54) is 44.1 Å². The van der Waals surface area contributed by atoms with Crippen LogP contribution in [0, 0.1) is 47.9 Å². The Labute approximate surface area is 122 Å². The Morgan fingerprint density at radius 3 is 2.80 bits per heavy atom. The topological polar surface area (TPSA) is 17.1 Å². The van der Waals surface area contributed by atoms with Crippen molar-refractivity contribution in [2.75, 3.05) is 0 Å². The Kier molecular flexibility index (Phi) is 3.02. The molecular weight excluding hydrogens is 244 g/mol. The third-order valence-corrected chi connectivity index (χ3v) is 6.81. The summed E-state index contributed by atoms with van der Waals surface area (Å²) in [5.41, 5.74) is 1.44. The molecule has 0 saturated heterocycles. The third kappa shape index (κ3) is 1.80. The van der Waals surface area contributed by atoms with Gasteiger partial charge in [0, 0.05) is 0 Å². The van der Waals surface area contributed by atoms with Gasteiger partial charge in [0.25, 0.3) is 0 Å². The SMILES string of the molecule is C#CC1C[C@H]2C(=CC1=O)CC[C@H]1[C@@H]3CCC[C@H]3CC[C@@H]12. The Bertz CT molecular complexity index is 494. The summed E-state index contributed by atoms with van der Waals surface area (Å²) in [6.45, 7) is 0. The lowest BCUT2D eigenvalue weighted by molar-refractivity contribution is -0.118. The minimum atomic E-state index is -0.135. The van der Waals surface area contributed by atoms with Crippen LogP contribution < -0.4 is 0 Å². The summed E-state index contributed by atoms with van der Waals surface area (Å²) in [5.74, 6) is 7.22. The van der Waals surface area contributed by atoms with Crippen LogP contribution in [0.15, 0.2) is 11.6 Å². The van der Waals surface area contributed by atoms with Crippen LogP contribution in [0.4, 0.5) is 0 Å². The lowest BCUT2D eigenvalue weighted by atomic mass is 9.55. The van der Waals surface area contributed by atoms with Crippen molar-refractivity contribution >= 4 is 5.78 Å². The Morgan fingerprint density at radius 1 is 1.05 bits per heavy atom. The molecule has 0 aromatic rings. The van der Waals surface area contributed by atoms with Crippen LogP contribution in [0.3, 0.4) is 0 Å². The van der Waals surface area contributed by atoms with E-state index >= 15 is 0 Å². The van der Waals surface area contributed by atoms with E-state index in [-0.39, 0.29) is 11.7 Å². The van der Waals surface area contributed by atoms with E-state index < -0.39 is 0 Å². The number of fused-ring (bicyclic) bond motifs is 5. The molecule has 1 unspecified atom stereocenters. The molecule has 0 amide bonds. The molecule has 0 aromatic heterocycles. The zero-order valence-corrected chi connectivity index (χ0v) is 12.2. The largest absolute Gasteiger partial charge is 0.293 e. The summed E-state index contributed by atoms with van der Waals surface area (Å²) in [7, 11) is 0. The van der Waals surface area contributed by atoms with Gasteiger partial charge >= 0.3 is 0 Å². The second-order valence-electron chi connectivity index (χ2n) is 7.48. The highest BCUT2D eigenvalue weighted by atomic mass is 16.1. The summed E-state index contributed by atoms with van der Waals surface area (Å²) in [5, 5.41) is 0. The first-order chi connectivity index (χ1) is 9.78. The maximum Gasteiger partial charge on any atom is 0.170 e. The van der Waals surface area contributed by atoms with E-state index in [0.717, 1.165) is 36.5 Å². The summed E-state index contributed by atoms with van der Waals surface area (Å²) < 4.78 is 0. The number of allylic oxidation sites excluding steroid dienone is 1. The molecule has 0 N–H and O–H groups in total. The maximum atomic E-state index is 12.0. The predicted molar refractivity (Wildman–Crippen MR) is 79.8 cm³/mol. The van der Waals surface area contributed by atoms with E-state index in [1.807, 2.05) is 6.08 Å². The van der Waals surface area contributed by atoms with E-state index in [1.54, 1.807) is 0 Å². The van der Waals surface area contributed by atoms with E-state index in [4.69, 9.17) is 6.42 Å². The molecule has 0 heterocycles. The van der Waals surface area contributed by atoms with Gasteiger partial charge in [-0.1, -0.05) is 24.3 Å². The molecule has 6 atom stereocenters. The molecule has 4 aliphatic carbocycles. The van der Waals surface area contributed by atoms with Gasteiger partial charge in [-0.15, -0.1) is 6.42 Å². The predicted octanol–water partition coefficient (Wildman–Crippen LogP) is 3.99. The highest BCUT2D eigenvalue weighted by Crippen LogP contribution is 2.56.